The third kappa shape index (κ3) is 3.22. The molecule has 142 valence electrons. The van der Waals surface area contributed by atoms with E-state index in [1.54, 1.807) is 42.6 Å². The van der Waals surface area contributed by atoms with E-state index in [9.17, 15) is 4.79 Å². The molecule has 0 radical (unpaired) electrons. The van der Waals surface area contributed by atoms with E-state index in [0.717, 1.165) is 10.9 Å². The third-order valence-corrected chi connectivity index (χ3v) is 5.27. The largest absolute Gasteiger partial charge is 0.338 e. The SMILES string of the molecule is O=C(Nc1ccc2cn[nH]c2c1)c1ccc2nc(-c3c(Cl)cccc3Cl)[nH]c2c1. The molecule has 8 heteroatoms. The van der Waals surface area contributed by atoms with Crippen LogP contribution in [-0.2, 0) is 0 Å². The van der Waals surface area contributed by atoms with Crippen LogP contribution in [0.2, 0.25) is 10.0 Å². The first-order chi connectivity index (χ1) is 14.1. The number of carbonyl (C=O) groups is 1. The molecule has 0 atom stereocenters. The van der Waals surface area contributed by atoms with E-state index in [1.165, 1.54) is 0 Å². The molecule has 2 heterocycles. The monoisotopic (exact) mass is 421 g/mol. The standard InChI is InChI=1S/C21H13Cl2N5O/c22-14-2-1-3-15(23)19(14)20-26-16-7-5-11(8-18(16)27-20)21(29)25-13-6-4-12-10-24-28-17(12)9-13/h1-10H,(H,24,28)(H,25,29)(H,26,27). The normalized spacial score (nSPS) is 11.2. The minimum Gasteiger partial charge on any atom is -0.338 e. The number of fused-ring (bicyclic) bond motifs is 2. The molecule has 0 aliphatic rings. The summed E-state index contributed by atoms with van der Waals surface area (Å²) in [5.41, 5.74) is 4.10. The molecular formula is C21H13Cl2N5O. The maximum absolute atomic E-state index is 12.7. The first-order valence-electron chi connectivity index (χ1n) is 8.77. The van der Waals surface area contributed by atoms with Crippen molar-refractivity contribution in [1.82, 2.24) is 20.2 Å². The first-order valence-corrected chi connectivity index (χ1v) is 9.53. The predicted molar refractivity (Wildman–Crippen MR) is 116 cm³/mol. The summed E-state index contributed by atoms with van der Waals surface area (Å²) in [7, 11) is 0. The van der Waals surface area contributed by atoms with Gasteiger partial charge >= 0.3 is 0 Å². The molecule has 0 aliphatic heterocycles. The molecule has 0 saturated heterocycles. The summed E-state index contributed by atoms with van der Waals surface area (Å²) in [5.74, 6) is 0.329. The van der Waals surface area contributed by atoms with Crippen LogP contribution in [-0.4, -0.2) is 26.1 Å². The maximum Gasteiger partial charge on any atom is 0.255 e. The van der Waals surface area contributed by atoms with Gasteiger partial charge in [0.15, 0.2) is 0 Å². The Morgan fingerprint density at radius 2 is 1.79 bits per heavy atom. The smallest absolute Gasteiger partial charge is 0.255 e. The van der Waals surface area contributed by atoms with Gasteiger partial charge in [-0.25, -0.2) is 4.98 Å². The Morgan fingerprint density at radius 3 is 2.62 bits per heavy atom. The Hall–Kier alpha value is -3.35. The molecule has 5 rings (SSSR count). The van der Waals surface area contributed by atoms with Crippen molar-refractivity contribution in [2.24, 2.45) is 0 Å². The molecule has 0 bridgehead atoms. The summed E-state index contributed by atoms with van der Waals surface area (Å²) in [4.78, 5) is 20.5. The molecule has 6 nitrogen and oxygen atoms in total. The molecule has 0 unspecified atom stereocenters. The highest BCUT2D eigenvalue weighted by Gasteiger charge is 2.14. The number of hydrogen-bond acceptors (Lipinski definition) is 3. The zero-order chi connectivity index (χ0) is 20.0. The zero-order valence-electron chi connectivity index (χ0n) is 14.8. The molecule has 1 amide bonds. The average molecular weight is 422 g/mol. The molecule has 5 aromatic rings. The Labute approximate surface area is 174 Å². The minimum absolute atomic E-state index is 0.224. The molecule has 0 spiro atoms. The van der Waals surface area contributed by atoms with Crippen molar-refractivity contribution in [2.75, 3.05) is 5.32 Å². The number of aromatic nitrogens is 4. The van der Waals surface area contributed by atoms with Crippen LogP contribution in [0.1, 0.15) is 10.4 Å². The Bertz CT molecular complexity index is 1370. The van der Waals surface area contributed by atoms with Crippen molar-refractivity contribution in [1.29, 1.82) is 0 Å². The predicted octanol–water partition coefficient (Wildman–Crippen LogP) is 5.67. The Morgan fingerprint density at radius 1 is 0.966 bits per heavy atom. The lowest BCUT2D eigenvalue weighted by atomic mass is 10.1. The lowest BCUT2D eigenvalue weighted by Gasteiger charge is -2.05. The second-order valence-corrected chi connectivity index (χ2v) is 7.35. The summed E-state index contributed by atoms with van der Waals surface area (Å²) in [6.07, 6.45) is 1.73. The highest BCUT2D eigenvalue weighted by molar-refractivity contribution is 6.39. The number of H-pyrrole nitrogens is 2. The van der Waals surface area contributed by atoms with Crippen LogP contribution >= 0.6 is 23.2 Å². The third-order valence-electron chi connectivity index (χ3n) is 4.64. The number of amides is 1. The van der Waals surface area contributed by atoms with Crippen LogP contribution in [0.25, 0.3) is 33.3 Å². The van der Waals surface area contributed by atoms with Crippen LogP contribution < -0.4 is 5.32 Å². The number of nitrogens with one attached hydrogen (secondary N) is 3. The minimum atomic E-state index is -0.224. The second-order valence-electron chi connectivity index (χ2n) is 6.54. The van der Waals surface area contributed by atoms with Crippen LogP contribution in [0.5, 0.6) is 0 Å². The van der Waals surface area contributed by atoms with Crippen molar-refractivity contribution in [3.05, 3.63) is 76.4 Å². The number of carbonyl (C=O) groups excluding carboxylic acids is 1. The summed E-state index contributed by atoms with van der Waals surface area (Å²) in [6.45, 7) is 0. The van der Waals surface area contributed by atoms with Crippen LogP contribution in [0, 0.1) is 0 Å². The number of benzene rings is 3. The summed E-state index contributed by atoms with van der Waals surface area (Å²) in [5, 5.41) is 11.8. The van der Waals surface area contributed by atoms with Crippen molar-refractivity contribution >= 4 is 56.7 Å². The highest BCUT2D eigenvalue weighted by atomic mass is 35.5. The average Bonchev–Trinajstić information content (AvgIpc) is 3.33. The number of halogens is 2. The van der Waals surface area contributed by atoms with Gasteiger partial charge in [0.25, 0.3) is 5.91 Å². The lowest BCUT2D eigenvalue weighted by molar-refractivity contribution is 0.102. The number of rotatable bonds is 3. The van der Waals surface area contributed by atoms with Gasteiger partial charge in [-0.05, 0) is 48.5 Å². The number of hydrogen-bond donors (Lipinski definition) is 3. The summed E-state index contributed by atoms with van der Waals surface area (Å²) in [6, 6.07) is 16.1. The molecule has 0 saturated carbocycles. The fourth-order valence-electron chi connectivity index (χ4n) is 3.21. The van der Waals surface area contributed by atoms with Gasteiger partial charge < -0.3 is 10.3 Å². The summed E-state index contributed by atoms with van der Waals surface area (Å²) >= 11 is 12.6. The van der Waals surface area contributed by atoms with Crippen molar-refractivity contribution in [3.63, 3.8) is 0 Å². The highest BCUT2D eigenvalue weighted by Crippen LogP contribution is 2.34. The fourth-order valence-corrected chi connectivity index (χ4v) is 3.79. The fraction of sp³-hybridized carbons (Fsp3) is 0. The molecule has 3 N–H and O–H groups in total. The van der Waals surface area contributed by atoms with Crippen LogP contribution in [0.3, 0.4) is 0 Å². The van der Waals surface area contributed by atoms with Gasteiger partial charge in [-0.15, -0.1) is 0 Å². The van der Waals surface area contributed by atoms with E-state index >= 15 is 0 Å². The quantitative estimate of drug-likeness (QED) is 0.350. The number of nitrogens with zero attached hydrogens (tertiary/aromatic N) is 2. The van der Waals surface area contributed by atoms with E-state index in [4.69, 9.17) is 23.2 Å². The first kappa shape index (κ1) is 17.7. The van der Waals surface area contributed by atoms with Gasteiger partial charge in [-0.2, -0.15) is 5.10 Å². The lowest BCUT2D eigenvalue weighted by Crippen LogP contribution is -2.11. The number of aromatic amines is 2. The van der Waals surface area contributed by atoms with Gasteiger partial charge in [-0.3, -0.25) is 9.89 Å². The second kappa shape index (κ2) is 6.92. The molecular weight excluding hydrogens is 409 g/mol. The number of imidazole rings is 1. The van der Waals surface area contributed by atoms with Crippen LogP contribution in [0.4, 0.5) is 5.69 Å². The van der Waals surface area contributed by atoms with Crippen LogP contribution in [0.15, 0.2) is 60.8 Å². The molecule has 3 aromatic carbocycles. The Balaban J connectivity index is 1.47. The molecule has 29 heavy (non-hydrogen) atoms. The van der Waals surface area contributed by atoms with Gasteiger partial charge in [0, 0.05) is 16.6 Å². The van der Waals surface area contributed by atoms with E-state index in [1.807, 2.05) is 18.2 Å². The summed E-state index contributed by atoms with van der Waals surface area (Å²) < 4.78 is 0. The van der Waals surface area contributed by atoms with E-state index in [0.29, 0.717) is 43.7 Å². The van der Waals surface area contributed by atoms with Crippen molar-refractivity contribution in [3.8, 4) is 11.4 Å². The Kier molecular flexibility index (Phi) is 4.23. The van der Waals surface area contributed by atoms with Crippen molar-refractivity contribution < 1.29 is 4.79 Å². The van der Waals surface area contributed by atoms with E-state index < -0.39 is 0 Å². The zero-order valence-corrected chi connectivity index (χ0v) is 16.3. The van der Waals surface area contributed by atoms with E-state index in [-0.39, 0.29) is 5.91 Å². The topological polar surface area (TPSA) is 86.5 Å². The molecule has 2 aromatic heterocycles. The van der Waals surface area contributed by atoms with Gasteiger partial charge in [0.05, 0.1) is 38.4 Å². The van der Waals surface area contributed by atoms with Gasteiger partial charge in [0.2, 0.25) is 0 Å². The van der Waals surface area contributed by atoms with E-state index in [2.05, 4.69) is 25.5 Å². The van der Waals surface area contributed by atoms with Crippen molar-refractivity contribution in [2.45, 2.75) is 0 Å². The number of anilines is 1. The van der Waals surface area contributed by atoms with Gasteiger partial charge in [0.1, 0.15) is 5.82 Å². The molecule has 0 fully saturated rings. The molecule has 0 aliphatic carbocycles. The van der Waals surface area contributed by atoms with Gasteiger partial charge in [-0.1, -0.05) is 29.3 Å². The maximum atomic E-state index is 12.7.